The fraction of sp³-hybridized carbons (Fsp3) is 0.812. The highest BCUT2D eigenvalue weighted by Gasteiger charge is 2.26. The van der Waals surface area contributed by atoms with Crippen LogP contribution >= 0.6 is 0 Å². The Balaban J connectivity index is 2.17. The molecule has 1 amide bonds. The van der Waals surface area contributed by atoms with E-state index in [-0.39, 0.29) is 6.09 Å². The monoisotopic (exact) mass is 281 g/mol. The molecule has 0 atom stereocenters. The molecule has 0 saturated carbocycles. The summed E-state index contributed by atoms with van der Waals surface area (Å²) in [6, 6.07) is 0. The molecule has 1 aliphatic rings. The number of terminal acetylenes is 1. The summed E-state index contributed by atoms with van der Waals surface area (Å²) >= 11 is 0. The smallest absolute Gasteiger partial charge is 0.410 e. The van der Waals surface area contributed by atoms with E-state index in [4.69, 9.17) is 15.9 Å². The molecule has 4 nitrogen and oxygen atoms in total. The largest absolute Gasteiger partial charge is 0.444 e. The van der Waals surface area contributed by atoms with Crippen molar-refractivity contribution in [3.8, 4) is 12.3 Å². The van der Waals surface area contributed by atoms with Gasteiger partial charge in [-0.05, 0) is 46.0 Å². The van der Waals surface area contributed by atoms with E-state index >= 15 is 0 Å². The quantitative estimate of drug-likeness (QED) is 0.574. The van der Waals surface area contributed by atoms with Gasteiger partial charge >= 0.3 is 6.09 Å². The third kappa shape index (κ3) is 6.81. The van der Waals surface area contributed by atoms with Gasteiger partial charge in [0.1, 0.15) is 5.60 Å². The highest BCUT2D eigenvalue weighted by atomic mass is 16.6. The van der Waals surface area contributed by atoms with Crippen molar-refractivity contribution in [1.29, 1.82) is 0 Å². The van der Waals surface area contributed by atoms with Crippen molar-refractivity contribution in [2.45, 2.75) is 52.1 Å². The van der Waals surface area contributed by atoms with Gasteiger partial charge in [0.05, 0.1) is 6.61 Å². The maximum absolute atomic E-state index is 11.9. The number of nitrogens with zero attached hydrogens (tertiary/aromatic N) is 1. The summed E-state index contributed by atoms with van der Waals surface area (Å²) < 4.78 is 10.9. The van der Waals surface area contributed by atoms with Gasteiger partial charge in [-0.1, -0.05) is 0 Å². The Labute approximate surface area is 122 Å². The van der Waals surface area contributed by atoms with Crippen molar-refractivity contribution in [1.82, 2.24) is 4.90 Å². The van der Waals surface area contributed by atoms with Gasteiger partial charge < -0.3 is 14.4 Å². The van der Waals surface area contributed by atoms with Crippen LogP contribution in [0.2, 0.25) is 0 Å². The zero-order chi connectivity index (χ0) is 15.0. The van der Waals surface area contributed by atoms with Crippen LogP contribution in [0.3, 0.4) is 0 Å². The molecule has 0 unspecified atom stereocenters. The van der Waals surface area contributed by atoms with E-state index in [1.165, 1.54) is 0 Å². The van der Waals surface area contributed by atoms with Crippen molar-refractivity contribution in [3.63, 3.8) is 0 Å². The number of likely N-dealkylation sites (tertiary alicyclic amines) is 1. The lowest BCUT2D eigenvalue weighted by atomic mass is 9.94. The van der Waals surface area contributed by atoms with Crippen LogP contribution in [0.4, 0.5) is 4.79 Å². The first-order chi connectivity index (χ1) is 9.42. The minimum Gasteiger partial charge on any atom is -0.444 e. The van der Waals surface area contributed by atoms with Crippen molar-refractivity contribution >= 4 is 6.09 Å². The Morgan fingerprint density at radius 1 is 1.30 bits per heavy atom. The number of rotatable bonds is 5. The highest BCUT2D eigenvalue weighted by molar-refractivity contribution is 5.68. The zero-order valence-corrected chi connectivity index (χ0v) is 13.0. The molecule has 0 aliphatic carbocycles. The lowest BCUT2D eigenvalue weighted by Gasteiger charge is -2.33. The Bertz CT molecular complexity index is 333. The van der Waals surface area contributed by atoms with Crippen LogP contribution in [0.25, 0.3) is 0 Å². The molecule has 0 aromatic carbocycles. The van der Waals surface area contributed by atoms with Gasteiger partial charge in [-0.3, -0.25) is 0 Å². The van der Waals surface area contributed by atoms with E-state index in [0.29, 0.717) is 18.9 Å². The Hall–Kier alpha value is -1.21. The van der Waals surface area contributed by atoms with Crippen LogP contribution in [0.5, 0.6) is 0 Å². The molecule has 0 radical (unpaired) electrons. The maximum Gasteiger partial charge on any atom is 0.410 e. The highest BCUT2D eigenvalue weighted by Crippen LogP contribution is 2.22. The number of hydrogen-bond acceptors (Lipinski definition) is 3. The summed E-state index contributed by atoms with van der Waals surface area (Å²) in [6.07, 6.45) is 8.75. The van der Waals surface area contributed by atoms with Crippen LogP contribution in [0.1, 0.15) is 46.5 Å². The third-order valence-corrected chi connectivity index (χ3v) is 3.33. The van der Waals surface area contributed by atoms with E-state index in [1.54, 1.807) is 4.90 Å². The van der Waals surface area contributed by atoms with Gasteiger partial charge in [0.2, 0.25) is 0 Å². The lowest BCUT2D eigenvalue weighted by Crippen LogP contribution is -2.41. The molecule has 0 spiro atoms. The molecule has 1 saturated heterocycles. The number of ether oxygens (including phenoxy) is 2. The molecule has 4 heteroatoms. The molecular weight excluding hydrogens is 254 g/mol. The van der Waals surface area contributed by atoms with Crippen LogP contribution in [-0.4, -0.2) is 42.9 Å². The van der Waals surface area contributed by atoms with Crippen molar-refractivity contribution in [2.24, 2.45) is 5.92 Å². The summed E-state index contributed by atoms with van der Waals surface area (Å²) in [4.78, 5) is 13.7. The second kappa shape index (κ2) is 8.16. The fourth-order valence-corrected chi connectivity index (χ4v) is 2.21. The van der Waals surface area contributed by atoms with Crippen molar-refractivity contribution in [2.75, 3.05) is 26.3 Å². The number of amides is 1. The minimum absolute atomic E-state index is 0.193. The maximum atomic E-state index is 11.9. The molecule has 0 aromatic heterocycles. The van der Waals surface area contributed by atoms with Gasteiger partial charge in [0.25, 0.3) is 0 Å². The van der Waals surface area contributed by atoms with E-state index in [0.717, 1.165) is 39.0 Å². The fourth-order valence-electron chi connectivity index (χ4n) is 2.21. The first-order valence-electron chi connectivity index (χ1n) is 7.41. The molecule has 1 aliphatic heterocycles. The van der Waals surface area contributed by atoms with E-state index in [9.17, 15) is 4.79 Å². The number of carbonyl (C=O) groups is 1. The zero-order valence-electron chi connectivity index (χ0n) is 13.0. The second-order valence-electron chi connectivity index (χ2n) is 6.27. The van der Waals surface area contributed by atoms with Crippen LogP contribution in [0.15, 0.2) is 0 Å². The van der Waals surface area contributed by atoms with Crippen LogP contribution in [-0.2, 0) is 9.47 Å². The predicted molar refractivity (Wildman–Crippen MR) is 79.4 cm³/mol. The second-order valence-corrected chi connectivity index (χ2v) is 6.27. The first kappa shape index (κ1) is 16.8. The molecule has 0 bridgehead atoms. The lowest BCUT2D eigenvalue weighted by molar-refractivity contribution is 0.0168. The van der Waals surface area contributed by atoms with Gasteiger partial charge in [-0.15, -0.1) is 12.3 Å². The summed E-state index contributed by atoms with van der Waals surface area (Å²) in [7, 11) is 0. The number of hydrogen-bond donors (Lipinski definition) is 0. The molecule has 1 rings (SSSR count). The van der Waals surface area contributed by atoms with E-state index in [2.05, 4.69) is 5.92 Å². The van der Waals surface area contributed by atoms with Gasteiger partial charge in [0.15, 0.2) is 0 Å². The topological polar surface area (TPSA) is 38.8 Å². The molecule has 20 heavy (non-hydrogen) atoms. The van der Waals surface area contributed by atoms with Crippen LogP contribution in [0, 0.1) is 18.3 Å². The van der Waals surface area contributed by atoms with Crippen molar-refractivity contribution < 1.29 is 14.3 Å². The average Bonchev–Trinajstić information content (AvgIpc) is 2.37. The molecule has 114 valence electrons. The van der Waals surface area contributed by atoms with Gasteiger partial charge in [-0.2, -0.15) is 0 Å². The van der Waals surface area contributed by atoms with E-state index < -0.39 is 5.60 Å². The van der Waals surface area contributed by atoms with E-state index in [1.807, 2.05) is 20.8 Å². The Morgan fingerprint density at radius 3 is 2.50 bits per heavy atom. The summed E-state index contributed by atoms with van der Waals surface area (Å²) in [5.74, 6) is 3.20. The summed E-state index contributed by atoms with van der Waals surface area (Å²) in [6.45, 7) is 8.65. The minimum atomic E-state index is -0.418. The molecule has 0 aromatic rings. The first-order valence-corrected chi connectivity index (χ1v) is 7.41. The standard InChI is InChI=1S/C16H27NO3/c1-5-6-12-19-13-9-14-7-10-17(11-8-14)15(18)20-16(2,3)4/h1,14H,6-13H2,2-4H3. The number of carbonyl (C=O) groups excluding carboxylic acids is 1. The molecule has 0 N–H and O–H groups in total. The van der Waals surface area contributed by atoms with Gasteiger partial charge in [-0.25, -0.2) is 4.79 Å². The predicted octanol–water partition coefficient (Wildman–Crippen LogP) is 3.06. The Morgan fingerprint density at radius 2 is 1.95 bits per heavy atom. The summed E-state index contributed by atoms with van der Waals surface area (Å²) in [5, 5.41) is 0. The average molecular weight is 281 g/mol. The van der Waals surface area contributed by atoms with Crippen molar-refractivity contribution in [3.05, 3.63) is 0 Å². The Kier molecular flexibility index (Phi) is 6.87. The normalized spacial score (nSPS) is 16.8. The molecule has 1 heterocycles. The number of piperidine rings is 1. The summed E-state index contributed by atoms with van der Waals surface area (Å²) in [5.41, 5.74) is -0.418. The van der Waals surface area contributed by atoms with Gasteiger partial charge in [0, 0.05) is 26.1 Å². The SMILES string of the molecule is C#CCCOCCC1CCN(C(=O)OC(C)(C)C)CC1. The third-order valence-electron chi connectivity index (χ3n) is 3.33. The molecule has 1 fully saturated rings. The molecular formula is C16H27NO3. The van der Waals surface area contributed by atoms with Crippen LogP contribution < -0.4 is 0 Å².